The number of aliphatic hydroxyl groups excluding tert-OH is 1. The van der Waals surface area contributed by atoms with Crippen LogP contribution in [0.2, 0.25) is 0 Å². The fourth-order valence-electron chi connectivity index (χ4n) is 2.75. The molecule has 2 nitrogen and oxygen atoms in total. The van der Waals surface area contributed by atoms with Gasteiger partial charge in [0.15, 0.2) is 0 Å². The molecule has 1 aliphatic rings. The Morgan fingerprint density at radius 1 is 1.12 bits per heavy atom. The van der Waals surface area contributed by atoms with Crippen LogP contribution in [0.25, 0.3) is 10.9 Å². The van der Waals surface area contributed by atoms with Crippen LogP contribution in [0.4, 0.5) is 0 Å². The van der Waals surface area contributed by atoms with E-state index in [1.807, 2.05) is 18.2 Å². The zero-order valence-electron chi connectivity index (χ0n) is 9.84. The van der Waals surface area contributed by atoms with Crippen LogP contribution in [0.5, 0.6) is 0 Å². The number of benzene rings is 1. The first-order chi connectivity index (χ1) is 8.33. The van der Waals surface area contributed by atoms with Crippen molar-refractivity contribution in [2.45, 2.75) is 31.8 Å². The first kappa shape index (κ1) is 10.7. The summed E-state index contributed by atoms with van der Waals surface area (Å²) in [6.07, 6.45) is 4.03. The summed E-state index contributed by atoms with van der Waals surface area (Å²) < 4.78 is 0. The lowest BCUT2D eigenvalue weighted by Gasteiger charge is -2.13. The van der Waals surface area contributed by atoms with Crippen molar-refractivity contribution in [3.05, 3.63) is 42.1 Å². The maximum Gasteiger partial charge on any atom is 0.0705 e. The highest BCUT2D eigenvalue weighted by molar-refractivity contribution is 5.78. The standard InChI is InChI=1S/C15H17NO/c17-15-7-3-5-12(15)10-13-9-8-11-4-1-2-6-14(11)16-13/h1-2,4,6,8-9,12,15,17H,3,5,7,10H2. The molecule has 0 saturated heterocycles. The summed E-state index contributed by atoms with van der Waals surface area (Å²) in [5.41, 5.74) is 2.16. The molecule has 0 bridgehead atoms. The highest BCUT2D eigenvalue weighted by Gasteiger charge is 2.25. The minimum Gasteiger partial charge on any atom is -0.393 e. The smallest absolute Gasteiger partial charge is 0.0705 e. The molecule has 88 valence electrons. The van der Waals surface area contributed by atoms with Gasteiger partial charge >= 0.3 is 0 Å². The number of para-hydroxylation sites is 1. The van der Waals surface area contributed by atoms with E-state index in [1.165, 1.54) is 5.39 Å². The maximum atomic E-state index is 9.84. The zero-order valence-corrected chi connectivity index (χ0v) is 9.84. The van der Waals surface area contributed by atoms with E-state index in [0.717, 1.165) is 36.9 Å². The van der Waals surface area contributed by atoms with Gasteiger partial charge in [0.25, 0.3) is 0 Å². The predicted molar refractivity (Wildman–Crippen MR) is 68.8 cm³/mol. The number of aromatic nitrogens is 1. The summed E-state index contributed by atoms with van der Waals surface area (Å²) >= 11 is 0. The highest BCUT2D eigenvalue weighted by atomic mass is 16.3. The van der Waals surface area contributed by atoms with Gasteiger partial charge in [-0.3, -0.25) is 4.98 Å². The Morgan fingerprint density at radius 2 is 2.00 bits per heavy atom. The molecule has 1 aromatic heterocycles. The summed E-state index contributed by atoms with van der Waals surface area (Å²) in [5, 5.41) is 11.0. The van der Waals surface area contributed by atoms with Crippen LogP contribution in [0.15, 0.2) is 36.4 Å². The van der Waals surface area contributed by atoms with Crippen molar-refractivity contribution < 1.29 is 5.11 Å². The SMILES string of the molecule is OC1CCCC1Cc1ccc2ccccc2n1. The van der Waals surface area contributed by atoms with Gasteiger partial charge in [0.05, 0.1) is 11.6 Å². The molecule has 17 heavy (non-hydrogen) atoms. The van der Waals surface area contributed by atoms with E-state index >= 15 is 0 Å². The summed E-state index contributed by atoms with van der Waals surface area (Å²) in [4.78, 5) is 4.66. The molecule has 2 heteroatoms. The van der Waals surface area contributed by atoms with Gasteiger partial charge in [-0.2, -0.15) is 0 Å². The summed E-state index contributed by atoms with van der Waals surface area (Å²) in [7, 11) is 0. The lowest BCUT2D eigenvalue weighted by molar-refractivity contribution is 0.132. The van der Waals surface area contributed by atoms with E-state index in [0.29, 0.717) is 5.92 Å². The van der Waals surface area contributed by atoms with Gasteiger partial charge in [-0.25, -0.2) is 0 Å². The highest BCUT2D eigenvalue weighted by Crippen LogP contribution is 2.28. The molecule has 1 aromatic carbocycles. The van der Waals surface area contributed by atoms with E-state index in [9.17, 15) is 5.11 Å². The van der Waals surface area contributed by atoms with Crippen molar-refractivity contribution in [1.82, 2.24) is 4.98 Å². The van der Waals surface area contributed by atoms with E-state index in [-0.39, 0.29) is 6.10 Å². The number of rotatable bonds is 2. The zero-order chi connectivity index (χ0) is 11.7. The van der Waals surface area contributed by atoms with Crippen LogP contribution in [0, 0.1) is 5.92 Å². The topological polar surface area (TPSA) is 33.1 Å². The van der Waals surface area contributed by atoms with Gasteiger partial charge in [-0.05, 0) is 37.3 Å². The third-order valence-corrected chi connectivity index (χ3v) is 3.75. The van der Waals surface area contributed by atoms with Crippen LogP contribution in [0.1, 0.15) is 25.0 Å². The number of pyridine rings is 1. The minimum atomic E-state index is -0.122. The van der Waals surface area contributed by atoms with E-state index < -0.39 is 0 Å². The van der Waals surface area contributed by atoms with Gasteiger partial charge in [-0.15, -0.1) is 0 Å². The molecule has 1 saturated carbocycles. The third kappa shape index (κ3) is 2.18. The van der Waals surface area contributed by atoms with Crippen LogP contribution in [-0.2, 0) is 6.42 Å². The van der Waals surface area contributed by atoms with Crippen molar-refractivity contribution in [1.29, 1.82) is 0 Å². The number of aliphatic hydroxyl groups is 1. The second-order valence-electron chi connectivity index (χ2n) is 4.96. The van der Waals surface area contributed by atoms with Gasteiger partial charge < -0.3 is 5.11 Å². The van der Waals surface area contributed by atoms with Gasteiger partial charge in [-0.1, -0.05) is 30.7 Å². The Labute approximate surface area is 101 Å². The van der Waals surface area contributed by atoms with Crippen LogP contribution >= 0.6 is 0 Å². The lowest BCUT2D eigenvalue weighted by Crippen LogP contribution is -2.16. The number of hydrogen-bond donors (Lipinski definition) is 1. The Kier molecular flexibility index (Phi) is 2.81. The van der Waals surface area contributed by atoms with Crippen molar-refractivity contribution in [2.24, 2.45) is 5.92 Å². The van der Waals surface area contributed by atoms with Crippen molar-refractivity contribution >= 4 is 10.9 Å². The normalized spacial score (nSPS) is 24.3. The first-order valence-electron chi connectivity index (χ1n) is 6.36. The predicted octanol–water partition coefficient (Wildman–Crippen LogP) is 2.94. The summed E-state index contributed by atoms with van der Waals surface area (Å²) in [6.45, 7) is 0. The van der Waals surface area contributed by atoms with E-state index in [1.54, 1.807) is 0 Å². The molecular formula is C15H17NO. The molecule has 0 radical (unpaired) electrons. The third-order valence-electron chi connectivity index (χ3n) is 3.75. The molecule has 2 aromatic rings. The minimum absolute atomic E-state index is 0.122. The Hall–Kier alpha value is -1.41. The molecule has 0 amide bonds. The van der Waals surface area contributed by atoms with Crippen molar-refractivity contribution in [3.8, 4) is 0 Å². The Morgan fingerprint density at radius 3 is 2.82 bits per heavy atom. The number of hydrogen-bond acceptors (Lipinski definition) is 2. The molecular weight excluding hydrogens is 210 g/mol. The van der Waals surface area contributed by atoms with Gasteiger partial charge in [0, 0.05) is 11.1 Å². The van der Waals surface area contributed by atoms with E-state index in [4.69, 9.17) is 0 Å². The van der Waals surface area contributed by atoms with Crippen LogP contribution in [-0.4, -0.2) is 16.2 Å². The molecule has 1 N–H and O–H groups in total. The fraction of sp³-hybridized carbons (Fsp3) is 0.400. The lowest BCUT2D eigenvalue weighted by atomic mass is 9.99. The largest absolute Gasteiger partial charge is 0.393 e. The molecule has 1 heterocycles. The number of fused-ring (bicyclic) bond motifs is 1. The monoisotopic (exact) mass is 227 g/mol. The quantitative estimate of drug-likeness (QED) is 0.855. The summed E-state index contributed by atoms with van der Waals surface area (Å²) in [5.74, 6) is 0.406. The van der Waals surface area contributed by atoms with Crippen LogP contribution in [0.3, 0.4) is 0 Å². The second-order valence-corrected chi connectivity index (χ2v) is 4.96. The first-order valence-corrected chi connectivity index (χ1v) is 6.36. The molecule has 2 unspecified atom stereocenters. The fourth-order valence-corrected chi connectivity index (χ4v) is 2.75. The molecule has 0 aliphatic heterocycles. The van der Waals surface area contributed by atoms with Crippen LogP contribution < -0.4 is 0 Å². The van der Waals surface area contributed by atoms with Crippen molar-refractivity contribution in [3.63, 3.8) is 0 Å². The van der Waals surface area contributed by atoms with Gasteiger partial charge in [0.1, 0.15) is 0 Å². The number of nitrogens with zero attached hydrogens (tertiary/aromatic N) is 1. The molecule has 1 aliphatic carbocycles. The molecule has 2 atom stereocenters. The summed E-state index contributed by atoms with van der Waals surface area (Å²) in [6, 6.07) is 12.4. The van der Waals surface area contributed by atoms with E-state index in [2.05, 4.69) is 23.2 Å². The average molecular weight is 227 g/mol. The Bertz CT molecular complexity index is 523. The molecule has 0 spiro atoms. The second kappa shape index (κ2) is 4.46. The van der Waals surface area contributed by atoms with Gasteiger partial charge in [0.2, 0.25) is 0 Å². The van der Waals surface area contributed by atoms with Crippen molar-refractivity contribution in [2.75, 3.05) is 0 Å². The average Bonchev–Trinajstić information content (AvgIpc) is 2.75. The molecule has 1 fully saturated rings. The molecule has 3 rings (SSSR count). The Balaban J connectivity index is 1.85. The maximum absolute atomic E-state index is 9.84.